The monoisotopic (exact) mass is 253 g/mol. The van der Waals surface area contributed by atoms with E-state index in [4.69, 9.17) is 0 Å². The highest BCUT2D eigenvalue weighted by atomic mass is 14.9. The highest BCUT2D eigenvalue weighted by Crippen LogP contribution is 2.25. The molecule has 0 amide bonds. The van der Waals surface area contributed by atoms with Crippen molar-refractivity contribution in [2.24, 2.45) is 5.92 Å². The molecule has 1 aliphatic carbocycles. The van der Waals surface area contributed by atoms with Crippen molar-refractivity contribution < 1.29 is 0 Å². The van der Waals surface area contributed by atoms with Gasteiger partial charge in [-0.2, -0.15) is 0 Å². The summed E-state index contributed by atoms with van der Waals surface area (Å²) in [6.07, 6.45) is 9.24. The fourth-order valence-corrected chi connectivity index (χ4v) is 2.63. The molecule has 0 bridgehead atoms. The van der Waals surface area contributed by atoms with E-state index in [2.05, 4.69) is 15.3 Å². The summed E-state index contributed by atoms with van der Waals surface area (Å²) < 4.78 is 0. The number of benzene rings is 1. The molecule has 0 saturated heterocycles. The average Bonchev–Trinajstić information content (AvgIpc) is 3.00. The first-order valence-corrected chi connectivity index (χ1v) is 7.03. The molecule has 0 radical (unpaired) electrons. The van der Waals surface area contributed by atoms with Crippen molar-refractivity contribution in [3.8, 4) is 11.4 Å². The summed E-state index contributed by atoms with van der Waals surface area (Å²) in [5.41, 5.74) is 2.08. The van der Waals surface area contributed by atoms with Crippen LogP contribution in [0.25, 0.3) is 11.4 Å². The van der Waals surface area contributed by atoms with E-state index in [0.29, 0.717) is 0 Å². The van der Waals surface area contributed by atoms with Gasteiger partial charge in [0.2, 0.25) is 0 Å². The van der Waals surface area contributed by atoms with Crippen LogP contribution < -0.4 is 5.32 Å². The molecule has 3 rings (SSSR count). The molecule has 1 fully saturated rings. The van der Waals surface area contributed by atoms with E-state index in [1.54, 1.807) is 0 Å². The minimum atomic E-state index is 0.784. The molecular weight excluding hydrogens is 234 g/mol. The van der Waals surface area contributed by atoms with Crippen LogP contribution in [0.1, 0.15) is 25.7 Å². The number of hydrogen-bond donors (Lipinski definition) is 1. The second kappa shape index (κ2) is 5.83. The Bertz CT molecular complexity index is 501. The number of rotatable bonds is 4. The maximum atomic E-state index is 4.42. The molecule has 1 aromatic heterocycles. The van der Waals surface area contributed by atoms with Gasteiger partial charge in [-0.15, -0.1) is 0 Å². The summed E-state index contributed by atoms with van der Waals surface area (Å²) in [5, 5.41) is 3.44. The van der Waals surface area contributed by atoms with Crippen molar-refractivity contribution in [1.29, 1.82) is 0 Å². The van der Waals surface area contributed by atoms with E-state index >= 15 is 0 Å². The van der Waals surface area contributed by atoms with Crippen LogP contribution in [-0.2, 0) is 0 Å². The number of anilines is 1. The quantitative estimate of drug-likeness (QED) is 0.901. The molecule has 2 aromatic rings. The molecule has 1 N–H and O–H groups in total. The molecule has 0 spiro atoms. The maximum absolute atomic E-state index is 4.42. The van der Waals surface area contributed by atoms with E-state index in [1.165, 1.54) is 25.7 Å². The van der Waals surface area contributed by atoms with Crippen molar-refractivity contribution in [2.75, 3.05) is 11.9 Å². The van der Waals surface area contributed by atoms with E-state index in [-0.39, 0.29) is 0 Å². The Labute approximate surface area is 114 Å². The van der Waals surface area contributed by atoms with Gasteiger partial charge in [0, 0.05) is 12.1 Å². The Balaban J connectivity index is 1.62. The molecule has 1 saturated carbocycles. The third kappa shape index (κ3) is 3.11. The van der Waals surface area contributed by atoms with Gasteiger partial charge in [-0.05, 0) is 18.8 Å². The van der Waals surface area contributed by atoms with Crippen molar-refractivity contribution in [3.63, 3.8) is 0 Å². The molecule has 3 nitrogen and oxygen atoms in total. The van der Waals surface area contributed by atoms with Crippen molar-refractivity contribution in [3.05, 3.63) is 42.7 Å². The first-order valence-electron chi connectivity index (χ1n) is 7.03. The number of nitrogens with one attached hydrogen (secondary N) is 1. The summed E-state index contributed by atoms with van der Waals surface area (Å²) in [7, 11) is 0. The second-order valence-electron chi connectivity index (χ2n) is 5.19. The molecular formula is C16H19N3. The second-order valence-corrected chi connectivity index (χ2v) is 5.19. The van der Waals surface area contributed by atoms with Crippen LogP contribution in [0, 0.1) is 5.92 Å². The minimum absolute atomic E-state index is 0.784. The van der Waals surface area contributed by atoms with Crippen LogP contribution in [0.3, 0.4) is 0 Å². The van der Waals surface area contributed by atoms with E-state index < -0.39 is 0 Å². The lowest BCUT2D eigenvalue weighted by molar-refractivity contribution is 0.579. The summed E-state index contributed by atoms with van der Waals surface area (Å²) in [4.78, 5) is 8.84. The lowest BCUT2D eigenvalue weighted by Crippen LogP contribution is -2.11. The third-order valence-electron chi connectivity index (χ3n) is 3.75. The van der Waals surface area contributed by atoms with Crippen LogP contribution in [0.5, 0.6) is 0 Å². The summed E-state index contributed by atoms with van der Waals surface area (Å²) in [6, 6.07) is 10.1. The van der Waals surface area contributed by atoms with Gasteiger partial charge in [0.25, 0.3) is 0 Å². The lowest BCUT2D eigenvalue weighted by atomic mass is 10.1. The Kier molecular flexibility index (Phi) is 3.73. The minimum Gasteiger partial charge on any atom is -0.382 e. The number of aromatic nitrogens is 2. The first kappa shape index (κ1) is 12.2. The average molecular weight is 253 g/mol. The van der Waals surface area contributed by atoms with E-state index in [0.717, 1.165) is 29.5 Å². The molecule has 98 valence electrons. The largest absolute Gasteiger partial charge is 0.382 e. The molecule has 3 heteroatoms. The van der Waals surface area contributed by atoms with Crippen molar-refractivity contribution in [1.82, 2.24) is 9.97 Å². The highest BCUT2D eigenvalue weighted by molar-refractivity contribution is 5.55. The standard InChI is InChI=1S/C16H19N3/c1-2-8-14(9-3-1)16-18-11-15(12-19-16)17-10-13-6-4-5-7-13/h1-3,8-9,11-13,17H,4-7,10H2. The lowest BCUT2D eigenvalue weighted by Gasteiger charge is -2.11. The van der Waals surface area contributed by atoms with E-state index in [9.17, 15) is 0 Å². The summed E-state index contributed by atoms with van der Waals surface area (Å²) >= 11 is 0. The van der Waals surface area contributed by atoms with Crippen molar-refractivity contribution in [2.45, 2.75) is 25.7 Å². The SMILES string of the molecule is c1ccc(-c2ncc(NCC3CCCC3)cn2)cc1. The van der Waals surface area contributed by atoms with E-state index in [1.807, 2.05) is 42.7 Å². The van der Waals surface area contributed by atoms with Gasteiger partial charge in [0.15, 0.2) is 5.82 Å². The fourth-order valence-electron chi connectivity index (χ4n) is 2.63. The normalized spacial score (nSPS) is 15.6. The molecule has 0 aliphatic heterocycles. The molecule has 1 heterocycles. The highest BCUT2D eigenvalue weighted by Gasteiger charge is 2.14. The van der Waals surface area contributed by atoms with Gasteiger partial charge in [0.05, 0.1) is 18.1 Å². The van der Waals surface area contributed by atoms with Crippen LogP contribution in [-0.4, -0.2) is 16.5 Å². The molecule has 19 heavy (non-hydrogen) atoms. The van der Waals surface area contributed by atoms with Crippen LogP contribution in [0.4, 0.5) is 5.69 Å². The predicted octanol–water partition coefficient (Wildman–Crippen LogP) is 3.75. The maximum Gasteiger partial charge on any atom is 0.159 e. The number of hydrogen-bond acceptors (Lipinski definition) is 3. The fraction of sp³-hybridized carbons (Fsp3) is 0.375. The van der Waals surface area contributed by atoms with Crippen molar-refractivity contribution >= 4 is 5.69 Å². The third-order valence-corrected chi connectivity index (χ3v) is 3.75. The van der Waals surface area contributed by atoms with Crippen LogP contribution in [0.15, 0.2) is 42.7 Å². The molecule has 0 atom stereocenters. The zero-order chi connectivity index (χ0) is 12.9. The van der Waals surface area contributed by atoms with Crippen LogP contribution in [0.2, 0.25) is 0 Å². The molecule has 1 aromatic carbocycles. The zero-order valence-corrected chi connectivity index (χ0v) is 11.0. The summed E-state index contributed by atoms with van der Waals surface area (Å²) in [6.45, 7) is 1.05. The Morgan fingerprint density at radius 1 is 1.00 bits per heavy atom. The van der Waals surface area contributed by atoms with Gasteiger partial charge in [-0.1, -0.05) is 43.2 Å². The topological polar surface area (TPSA) is 37.8 Å². The Hall–Kier alpha value is -1.90. The molecule has 0 unspecified atom stereocenters. The van der Waals surface area contributed by atoms with Crippen LogP contribution >= 0.6 is 0 Å². The first-order chi connectivity index (χ1) is 9.42. The van der Waals surface area contributed by atoms with Gasteiger partial charge in [0.1, 0.15) is 0 Å². The summed E-state index contributed by atoms with van der Waals surface area (Å²) in [5.74, 6) is 1.61. The van der Waals surface area contributed by atoms with Gasteiger partial charge >= 0.3 is 0 Å². The van der Waals surface area contributed by atoms with Gasteiger partial charge in [-0.3, -0.25) is 0 Å². The zero-order valence-electron chi connectivity index (χ0n) is 11.0. The van der Waals surface area contributed by atoms with Gasteiger partial charge < -0.3 is 5.32 Å². The Morgan fingerprint density at radius 3 is 2.37 bits per heavy atom. The smallest absolute Gasteiger partial charge is 0.159 e. The molecule has 1 aliphatic rings. The number of nitrogens with zero attached hydrogens (tertiary/aromatic N) is 2. The Morgan fingerprint density at radius 2 is 1.68 bits per heavy atom. The predicted molar refractivity (Wildman–Crippen MR) is 77.9 cm³/mol. The van der Waals surface area contributed by atoms with Gasteiger partial charge in [-0.25, -0.2) is 9.97 Å².